The van der Waals surface area contributed by atoms with Crippen molar-refractivity contribution in [3.8, 4) is 0 Å². The number of amides is 1. The largest absolute Gasteiger partial charge is 0.354 e. The molecule has 16 heavy (non-hydrogen) atoms. The second-order valence-corrected chi connectivity index (χ2v) is 6.43. The van der Waals surface area contributed by atoms with Gasteiger partial charge in [-0.05, 0) is 31.9 Å². The van der Waals surface area contributed by atoms with Gasteiger partial charge in [0.1, 0.15) is 0 Å². The van der Waals surface area contributed by atoms with Crippen molar-refractivity contribution >= 4 is 17.7 Å². The van der Waals surface area contributed by atoms with Gasteiger partial charge in [-0.3, -0.25) is 4.79 Å². The number of nitrogens with two attached hydrogens (primary N) is 1. The molecule has 3 N–H and O–H groups in total. The van der Waals surface area contributed by atoms with Gasteiger partial charge in [0.05, 0.1) is 5.92 Å². The Morgan fingerprint density at radius 2 is 2.19 bits per heavy atom. The molecule has 2 rings (SSSR count). The fourth-order valence-electron chi connectivity index (χ4n) is 2.72. The number of rotatable bonds is 4. The van der Waals surface area contributed by atoms with E-state index in [2.05, 4.69) is 11.6 Å². The van der Waals surface area contributed by atoms with E-state index in [9.17, 15) is 4.79 Å². The van der Waals surface area contributed by atoms with Crippen LogP contribution in [-0.2, 0) is 4.79 Å². The van der Waals surface area contributed by atoms with Gasteiger partial charge in [-0.1, -0.05) is 12.8 Å². The van der Waals surface area contributed by atoms with Crippen molar-refractivity contribution in [1.82, 2.24) is 5.32 Å². The van der Waals surface area contributed by atoms with Gasteiger partial charge in [-0.2, -0.15) is 11.8 Å². The van der Waals surface area contributed by atoms with Gasteiger partial charge >= 0.3 is 0 Å². The molecule has 2 aliphatic carbocycles. The zero-order valence-electron chi connectivity index (χ0n) is 10.00. The van der Waals surface area contributed by atoms with E-state index in [-0.39, 0.29) is 17.9 Å². The topological polar surface area (TPSA) is 55.1 Å². The number of carbonyl (C=O) groups is 1. The molecule has 2 atom stereocenters. The molecule has 0 radical (unpaired) electrons. The van der Waals surface area contributed by atoms with Crippen LogP contribution in [0.1, 0.15) is 38.5 Å². The van der Waals surface area contributed by atoms with Crippen LogP contribution in [0.4, 0.5) is 0 Å². The summed E-state index contributed by atoms with van der Waals surface area (Å²) in [6.45, 7) is 0.830. The quantitative estimate of drug-likeness (QED) is 0.786. The van der Waals surface area contributed by atoms with Crippen molar-refractivity contribution in [3.63, 3.8) is 0 Å². The molecular weight excluding hydrogens is 220 g/mol. The molecule has 2 fully saturated rings. The van der Waals surface area contributed by atoms with E-state index in [1.165, 1.54) is 19.3 Å². The minimum absolute atomic E-state index is 0.0685. The van der Waals surface area contributed by atoms with Crippen LogP contribution in [0.25, 0.3) is 0 Å². The van der Waals surface area contributed by atoms with Crippen LogP contribution >= 0.6 is 11.8 Å². The maximum Gasteiger partial charge on any atom is 0.224 e. The van der Waals surface area contributed by atoms with Crippen molar-refractivity contribution < 1.29 is 4.79 Å². The SMILES string of the molecule is CSC1(CNC(=O)C2CCCC2N)CCC1. The van der Waals surface area contributed by atoms with E-state index in [4.69, 9.17) is 5.73 Å². The second-order valence-electron chi connectivity index (χ2n) is 5.16. The van der Waals surface area contributed by atoms with Gasteiger partial charge in [0.25, 0.3) is 0 Å². The first-order chi connectivity index (χ1) is 7.67. The molecule has 4 heteroatoms. The lowest BCUT2D eigenvalue weighted by Crippen LogP contribution is -2.48. The normalized spacial score (nSPS) is 32.1. The minimum Gasteiger partial charge on any atom is -0.354 e. The van der Waals surface area contributed by atoms with E-state index >= 15 is 0 Å². The number of nitrogens with one attached hydrogen (secondary N) is 1. The third-order valence-corrected chi connectivity index (χ3v) is 5.61. The first-order valence-electron chi connectivity index (χ1n) is 6.25. The summed E-state index contributed by atoms with van der Waals surface area (Å²) in [5.74, 6) is 0.254. The molecule has 1 amide bonds. The fraction of sp³-hybridized carbons (Fsp3) is 0.917. The summed E-state index contributed by atoms with van der Waals surface area (Å²) < 4.78 is 0.332. The molecule has 2 saturated carbocycles. The van der Waals surface area contributed by atoms with E-state index in [0.29, 0.717) is 4.75 Å². The van der Waals surface area contributed by atoms with Gasteiger partial charge in [-0.25, -0.2) is 0 Å². The lowest BCUT2D eigenvalue weighted by atomic mass is 9.84. The molecule has 92 valence electrons. The van der Waals surface area contributed by atoms with Crippen molar-refractivity contribution in [2.45, 2.75) is 49.3 Å². The summed E-state index contributed by atoms with van der Waals surface area (Å²) in [4.78, 5) is 12.0. The van der Waals surface area contributed by atoms with Crippen LogP contribution in [-0.4, -0.2) is 29.5 Å². The summed E-state index contributed by atoms with van der Waals surface area (Å²) >= 11 is 1.90. The average molecular weight is 242 g/mol. The van der Waals surface area contributed by atoms with Crippen molar-refractivity contribution in [1.29, 1.82) is 0 Å². The molecule has 0 aromatic heterocycles. The molecule has 0 bridgehead atoms. The Bertz CT molecular complexity index is 260. The van der Waals surface area contributed by atoms with Crippen LogP contribution in [0.3, 0.4) is 0 Å². The Morgan fingerprint density at radius 1 is 1.44 bits per heavy atom. The van der Waals surface area contributed by atoms with Crippen LogP contribution in [0.5, 0.6) is 0 Å². The summed E-state index contributed by atoms with van der Waals surface area (Å²) in [6, 6.07) is 0.0895. The average Bonchev–Trinajstić information content (AvgIpc) is 2.63. The van der Waals surface area contributed by atoms with Gasteiger partial charge in [0.2, 0.25) is 5.91 Å². The Balaban J connectivity index is 1.79. The van der Waals surface area contributed by atoms with Crippen molar-refractivity contribution in [3.05, 3.63) is 0 Å². The van der Waals surface area contributed by atoms with E-state index < -0.39 is 0 Å². The highest BCUT2D eigenvalue weighted by atomic mass is 32.2. The zero-order valence-corrected chi connectivity index (χ0v) is 10.8. The number of hydrogen-bond donors (Lipinski definition) is 2. The number of hydrogen-bond acceptors (Lipinski definition) is 3. The van der Waals surface area contributed by atoms with Crippen LogP contribution in [0.15, 0.2) is 0 Å². The molecule has 0 spiro atoms. The molecule has 2 aliphatic rings. The van der Waals surface area contributed by atoms with Crippen LogP contribution in [0.2, 0.25) is 0 Å². The third-order valence-electron chi connectivity index (χ3n) is 4.19. The van der Waals surface area contributed by atoms with E-state index in [1.807, 2.05) is 11.8 Å². The predicted molar refractivity (Wildman–Crippen MR) is 68.4 cm³/mol. The minimum atomic E-state index is 0.0685. The summed E-state index contributed by atoms with van der Waals surface area (Å²) in [7, 11) is 0. The van der Waals surface area contributed by atoms with Crippen molar-refractivity contribution in [2.24, 2.45) is 11.7 Å². The Kier molecular flexibility index (Phi) is 3.80. The first-order valence-corrected chi connectivity index (χ1v) is 7.48. The Hall–Kier alpha value is -0.220. The lowest BCUT2D eigenvalue weighted by Gasteiger charge is -2.40. The first kappa shape index (κ1) is 12.2. The van der Waals surface area contributed by atoms with E-state index in [0.717, 1.165) is 25.8 Å². The third kappa shape index (κ3) is 2.38. The lowest BCUT2D eigenvalue weighted by molar-refractivity contribution is -0.125. The summed E-state index contributed by atoms with van der Waals surface area (Å²) in [5, 5.41) is 3.11. The van der Waals surface area contributed by atoms with Crippen LogP contribution < -0.4 is 11.1 Å². The molecule has 0 aliphatic heterocycles. The van der Waals surface area contributed by atoms with Gasteiger partial charge in [-0.15, -0.1) is 0 Å². The molecule has 0 aromatic carbocycles. The highest BCUT2D eigenvalue weighted by molar-refractivity contribution is 8.00. The molecule has 3 nitrogen and oxygen atoms in total. The zero-order chi connectivity index (χ0) is 11.6. The van der Waals surface area contributed by atoms with Gasteiger partial charge in [0, 0.05) is 17.3 Å². The van der Waals surface area contributed by atoms with Crippen LogP contribution in [0, 0.1) is 5.92 Å². The molecule has 0 saturated heterocycles. The Morgan fingerprint density at radius 3 is 2.62 bits per heavy atom. The molecule has 0 heterocycles. The monoisotopic (exact) mass is 242 g/mol. The van der Waals surface area contributed by atoms with E-state index in [1.54, 1.807) is 0 Å². The smallest absolute Gasteiger partial charge is 0.224 e. The number of carbonyl (C=O) groups excluding carboxylic acids is 1. The second kappa shape index (κ2) is 4.96. The maximum absolute atomic E-state index is 12.0. The van der Waals surface area contributed by atoms with Gasteiger partial charge < -0.3 is 11.1 Å². The fourth-order valence-corrected chi connectivity index (χ4v) is 3.63. The highest BCUT2D eigenvalue weighted by Crippen LogP contribution is 2.42. The Labute approximate surface area is 102 Å². The van der Waals surface area contributed by atoms with Crippen molar-refractivity contribution in [2.75, 3.05) is 12.8 Å². The van der Waals surface area contributed by atoms with Gasteiger partial charge in [0.15, 0.2) is 0 Å². The number of thioether (sulfide) groups is 1. The standard InChI is InChI=1S/C12H22N2OS/c1-16-12(6-3-7-12)8-14-11(15)9-4-2-5-10(9)13/h9-10H,2-8,13H2,1H3,(H,14,15). The molecule has 0 aromatic rings. The maximum atomic E-state index is 12.0. The highest BCUT2D eigenvalue weighted by Gasteiger charge is 2.37. The molecular formula is C12H22N2OS. The predicted octanol–water partition coefficient (Wildman–Crippen LogP) is 1.52. The summed E-state index contributed by atoms with van der Waals surface area (Å²) in [6.07, 6.45) is 9.01. The molecule has 2 unspecified atom stereocenters. The summed E-state index contributed by atoms with van der Waals surface area (Å²) in [5.41, 5.74) is 5.93.